The van der Waals surface area contributed by atoms with Gasteiger partial charge in [0, 0.05) is 6.42 Å². The maximum absolute atomic E-state index is 5.62. The van der Waals surface area contributed by atoms with E-state index in [4.69, 9.17) is 39.2 Å². The molecular weight excluding hydrogens is 295 g/mol. The van der Waals surface area contributed by atoms with Crippen LogP contribution in [0.2, 0.25) is 0 Å². The van der Waals surface area contributed by atoms with Crippen LogP contribution in [0.1, 0.15) is 17.3 Å². The molecule has 3 nitrogen and oxygen atoms in total. The number of aromatic nitrogens is 2. The molecule has 0 radical (unpaired) electrons. The van der Waals surface area contributed by atoms with Crippen molar-refractivity contribution in [3.8, 4) is 0 Å². The van der Waals surface area contributed by atoms with Gasteiger partial charge >= 0.3 is 0 Å². The van der Waals surface area contributed by atoms with E-state index in [9.17, 15) is 0 Å². The predicted molar refractivity (Wildman–Crippen MR) is 72.7 cm³/mol. The molecule has 0 fully saturated rings. The molecule has 0 unspecified atom stereocenters. The van der Waals surface area contributed by atoms with Crippen molar-refractivity contribution >= 4 is 40.9 Å². The number of alkyl halides is 3. The van der Waals surface area contributed by atoms with Crippen molar-refractivity contribution in [2.45, 2.75) is 10.2 Å². The van der Waals surface area contributed by atoms with E-state index >= 15 is 0 Å². The molecule has 2 rings (SSSR count). The normalized spacial score (nSPS) is 12.2. The van der Waals surface area contributed by atoms with Crippen molar-refractivity contribution in [3.63, 3.8) is 0 Å². The van der Waals surface area contributed by atoms with Crippen LogP contribution in [0, 0.1) is 0 Å². The van der Waals surface area contributed by atoms with Crippen LogP contribution in [-0.4, -0.2) is 10.2 Å². The molecule has 0 saturated heterocycles. The summed E-state index contributed by atoms with van der Waals surface area (Å²) in [5.74, 6) is 0.388. The highest BCUT2D eigenvalue weighted by atomic mass is 35.6. The SMILES string of the molecule is ClC(Cl)(Cl)c1nnc(CC=Cc2ccccc2)o1. The van der Waals surface area contributed by atoms with Crippen LogP contribution in [-0.2, 0) is 10.2 Å². The summed E-state index contributed by atoms with van der Waals surface area (Å²) in [6, 6.07) is 9.89. The summed E-state index contributed by atoms with van der Waals surface area (Å²) in [5.41, 5.74) is 1.10. The molecule has 1 aromatic heterocycles. The largest absolute Gasteiger partial charge is 0.420 e. The van der Waals surface area contributed by atoms with Crippen molar-refractivity contribution in [2.24, 2.45) is 0 Å². The van der Waals surface area contributed by atoms with E-state index in [1.807, 2.05) is 42.5 Å². The lowest BCUT2D eigenvalue weighted by molar-refractivity contribution is 0.465. The topological polar surface area (TPSA) is 38.9 Å². The van der Waals surface area contributed by atoms with Crippen molar-refractivity contribution in [1.29, 1.82) is 0 Å². The molecule has 1 aromatic carbocycles. The molecule has 94 valence electrons. The van der Waals surface area contributed by atoms with Crippen LogP contribution in [0.4, 0.5) is 0 Å². The van der Waals surface area contributed by atoms with Crippen LogP contribution in [0.3, 0.4) is 0 Å². The minimum atomic E-state index is -1.67. The monoisotopic (exact) mass is 302 g/mol. The van der Waals surface area contributed by atoms with Gasteiger partial charge in [0.2, 0.25) is 5.89 Å². The van der Waals surface area contributed by atoms with Crippen LogP contribution in [0.15, 0.2) is 40.8 Å². The van der Waals surface area contributed by atoms with Gasteiger partial charge in [0.1, 0.15) is 0 Å². The minimum absolute atomic E-state index is 0.0180. The lowest BCUT2D eigenvalue weighted by Crippen LogP contribution is -1.99. The Morgan fingerprint density at radius 1 is 1.11 bits per heavy atom. The number of allylic oxidation sites excluding steroid dienone is 1. The number of hydrogen-bond donors (Lipinski definition) is 0. The zero-order valence-corrected chi connectivity index (χ0v) is 11.5. The summed E-state index contributed by atoms with van der Waals surface area (Å²) < 4.78 is 3.54. The van der Waals surface area contributed by atoms with Crippen molar-refractivity contribution in [3.05, 3.63) is 53.8 Å². The first-order valence-electron chi connectivity index (χ1n) is 5.17. The molecule has 0 aliphatic carbocycles. The molecule has 18 heavy (non-hydrogen) atoms. The van der Waals surface area contributed by atoms with Crippen LogP contribution >= 0.6 is 34.8 Å². The van der Waals surface area contributed by atoms with Gasteiger partial charge in [-0.1, -0.05) is 77.3 Å². The molecule has 0 atom stereocenters. The first-order valence-corrected chi connectivity index (χ1v) is 6.30. The third-order valence-corrected chi connectivity index (χ3v) is 2.60. The Bertz CT molecular complexity index is 532. The molecule has 2 aromatic rings. The van der Waals surface area contributed by atoms with Gasteiger partial charge in [-0.2, -0.15) is 0 Å². The average molecular weight is 304 g/mol. The van der Waals surface area contributed by atoms with E-state index in [0.717, 1.165) is 5.56 Å². The third-order valence-electron chi connectivity index (χ3n) is 2.11. The molecule has 0 amide bonds. The Balaban J connectivity index is 1.99. The number of benzene rings is 1. The second kappa shape index (κ2) is 5.74. The molecule has 0 saturated carbocycles. The van der Waals surface area contributed by atoms with E-state index in [1.54, 1.807) is 0 Å². The van der Waals surface area contributed by atoms with Crippen LogP contribution in [0.5, 0.6) is 0 Å². The summed E-state index contributed by atoms with van der Waals surface area (Å²) in [4.78, 5) is 0. The fourth-order valence-corrected chi connectivity index (χ4v) is 1.54. The number of nitrogens with zero attached hydrogens (tertiary/aromatic N) is 2. The fourth-order valence-electron chi connectivity index (χ4n) is 1.31. The molecular formula is C12H9Cl3N2O. The van der Waals surface area contributed by atoms with Crippen LogP contribution in [0.25, 0.3) is 6.08 Å². The van der Waals surface area contributed by atoms with Gasteiger partial charge in [0.25, 0.3) is 9.68 Å². The summed E-state index contributed by atoms with van der Waals surface area (Å²) in [7, 11) is 0. The van der Waals surface area contributed by atoms with E-state index < -0.39 is 3.79 Å². The van der Waals surface area contributed by atoms with Gasteiger partial charge in [-0.05, 0) is 5.56 Å². The predicted octanol–water partition coefficient (Wildman–Crippen LogP) is 4.15. The summed E-state index contributed by atoms with van der Waals surface area (Å²) in [5, 5.41) is 7.46. The van der Waals surface area contributed by atoms with Gasteiger partial charge in [-0.25, -0.2) is 0 Å². The van der Waals surface area contributed by atoms with Crippen molar-refractivity contribution < 1.29 is 4.42 Å². The molecule has 0 spiro atoms. The lowest BCUT2D eigenvalue weighted by atomic mass is 10.2. The smallest absolute Gasteiger partial charge is 0.268 e. The first kappa shape index (κ1) is 13.4. The highest BCUT2D eigenvalue weighted by molar-refractivity contribution is 6.66. The van der Waals surface area contributed by atoms with E-state index in [0.29, 0.717) is 12.3 Å². The maximum Gasteiger partial charge on any atom is 0.268 e. The third kappa shape index (κ3) is 3.73. The van der Waals surface area contributed by atoms with E-state index in [1.165, 1.54) is 0 Å². The Kier molecular flexibility index (Phi) is 4.27. The maximum atomic E-state index is 5.62. The second-order valence-electron chi connectivity index (χ2n) is 3.52. The van der Waals surface area contributed by atoms with Gasteiger partial charge in [0.05, 0.1) is 0 Å². The highest BCUT2D eigenvalue weighted by Gasteiger charge is 2.29. The Morgan fingerprint density at radius 2 is 1.83 bits per heavy atom. The van der Waals surface area contributed by atoms with Crippen molar-refractivity contribution in [1.82, 2.24) is 10.2 Å². The zero-order chi connectivity index (χ0) is 13.0. The number of halogens is 3. The standard InChI is InChI=1S/C12H9Cl3N2O/c13-12(14,15)11-17-16-10(18-11)8-4-7-9-5-2-1-3-6-9/h1-7H,8H2. The lowest BCUT2D eigenvalue weighted by Gasteiger charge is -2.01. The van der Waals surface area contributed by atoms with E-state index in [-0.39, 0.29) is 5.89 Å². The quantitative estimate of drug-likeness (QED) is 0.799. The zero-order valence-electron chi connectivity index (χ0n) is 9.19. The average Bonchev–Trinajstić information content (AvgIpc) is 2.79. The minimum Gasteiger partial charge on any atom is -0.420 e. The molecule has 0 N–H and O–H groups in total. The highest BCUT2D eigenvalue weighted by Crippen LogP contribution is 2.36. The summed E-state index contributed by atoms with van der Waals surface area (Å²) in [6.07, 6.45) is 4.35. The Hall–Kier alpha value is -1.03. The summed E-state index contributed by atoms with van der Waals surface area (Å²) >= 11 is 16.9. The van der Waals surface area contributed by atoms with E-state index in [2.05, 4.69) is 10.2 Å². The first-order chi connectivity index (χ1) is 8.55. The Morgan fingerprint density at radius 3 is 2.44 bits per heavy atom. The molecule has 6 heteroatoms. The second-order valence-corrected chi connectivity index (χ2v) is 5.80. The van der Waals surface area contributed by atoms with Gasteiger partial charge < -0.3 is 4.42 Å². The summed E-state index contributed by atoms with van der Waals surface area (Å²) in [6.45, 7) is 0. The molecule has 0 bridgehead atoms. The van der Waals surface area contributed by atoms with Crippen molar-refractivity contribution in [2.75, 3.05) is 0 Å². The molecule has 0 aliphatic rings. The van der Waals surface area contributed by atoms with Crippen LogP contribution < -0.4 is 0 Å². The number of hydrogen-bond acceptors (Lipinski definition) is 3. The van der Waals surface area contributed by atoms with Gasteiger partial charge in [0.15, 0.2) is 0 Å². The Labute approximate surface area is 119 Å². The molecule has 0 aliphatic heterocycles. The van der Waals surface area contributed by atoms with Gasteiger partial charge in [-0.3, -0.25) is 0 Å². The van der Waals surface area contributed by atoms with Gasteiger partial charge in [-0.15, -0.1) is 10.2 Å². The number of rotatable bonds is 3. The molecule has 1 heterocycles. The fraction of sp³-hybridized carbons (Fsp3) is 0.167.